The second-order valence-electron chi connectivity index (χ2n) is 3.16. The summed E-state index contributed by atoms with van der Waals surface area (Å²) >= 11 is 3.43. The molecule has 0 fully saturated rings. The molecule has 1 aromatic carbocycles. The second-order valence-corrected chi connectivity index (χ2v) is 4.08. The number of halogens is 2. The lowest BCUT2D eigenvalue weighted by molar-refractivity contribution is 0.445. The van der Waals surface area contributed by atoms with E-state index in [4.69, 9.17) is 10.3 Å². The first-order chi connectivity index (χ1) is 6.81. The van der Waals surface area contributed by atoms with E-state index in [1.54, 1.807) is 0 Å². The summed E-state index contributed by atoms with van der Waals surface area (Å²) in [7, 11) is 0. The van der Waals surface area contributed by atoms with Gasteiger partial charge in [-0.25, -0.2) is 0 Å². The standard InChI is InChI=1S/C10H11BrN2O.ClH/c11-7-3-4-10-8(6-7)9(13-14-10)2-1-5-12;/h3-4,6H,1-2,5,12H2;1H. The number of aryl methyl sites for hydroxylation is 1. The summed E-state index contributed by atoms with van der Waals surface area (Å²) in [6.07, 6.45) is 1.81. The van der Waals surface area contributed by atoms with Crippen LogP contribution in [-0.2, 0) is 6.42 Å². The minimum atomic E-state index is 0. The van der Waals surface area contributed by atoms with Crippen LogP contribution >= 0.6 is 28.3 Å². The SMILES string of the molecule is Cl.NCCCc1noc2ccc(Br)cc12. The average molecular weight is 292 g/mol. The predicted octanol–water partition coefficient (Wildman–Crippen LogP) is 2.90. The fourth-order valence-electron chi connectivity index (χ4n) is 1.41. The van der Waals surface area contributed by atoms with Gasteiger partial charge >= 0.3 is 0 Å². The molecule has 1 heterocycles. The van der Waals surface area contributed by atoms with E-state index in [2.05, 4.69) is 21.1 Å². The topological polar surface area (TPSA) is 52.0 Å². The van der Waals surface area contributed by atoms with Gasteiger partial charge in [-0.2, -0.15) is 0 Å². The van der Waals surface area contributed by atoms with E-state index in [-0.39, 0.29) is 12.4 Å². The van der Waals surface area contributed by atoms with Crippen LogP contribution in [0.4, 0.5) is 0 Å². The number of nitrogens with two attached hydrogens (primary N) is 1. The third-order valence-electron chi connectivity index (χ3n) is 2.12. The van der Waals surface area contributed by atoms with Crippen molar-refractivity contribution in [2.75, 3.05) is 6.54 Å². The zero-order chi connectivity index (χ0) is 9.97. The van der Waals surface area contributed by atoms with E-state index < -0.39 is 0 Å². The van der Waals surface area contributed by atoms with Crippen LogP contribution in [0.2, 0.25) is 0 Å². The molecule has 2 rings (SSSR count). The Hall–Kier alpha value is -0.580. The Labute approximate surface area is 103 Å². The normalized spacial score (nSPS) is 10.3. The van der Waals surface area contributed by atoms with Gasteiger partial charge in [-0.05, 0) is 37.6 Å². The fourth-order valence-corrected chi connectivity index (χ4v) is 1.77. The maximum absolute atomic E-state index is 5.45. The minimum Gasteiger partial charge on any atom is -0.356 e. The van der Waals surface area contributed by atoms with Gasteiger partial charge in [0.1, 0.15) is 0 Å². The van der Waals surface area contributed by atoms with Gasteiger partial charge in [0, 0.05) is 9.86 Å². The number of aromatic nitrogens is 1. The van der Waals surface area contributed by atoms with E-state index >= 15 is 0 Å². The van der Waals surface area contributed by atoms with Crippen molar-refractivity contribution < 1.29 is 4.52 Å². The van der Waals surface area contributed by atoms with Gasteiger partial charge in [-0.1, -0.05) is 21.1 Å². The van der Waals surface area contributed by atoms with E-state index in [1.165, 1.54) is 0 Å². The third-order valence-corrected chi connectivity index (χ3v) is 2.62. The predicted molar refractivity (Wildman–Crippen MR) is 66.3 cm³/mol. The second kappa shape index (κ2) is 5.49. The zero-order valence-corrected chi connectivity index (χ0v) is 10.5. The van der Waals surface area contributed by atoms with Crippen molar-refractivity contribution >= 4 is 39.3 Å². The van der Waals surface area contributed by atoms with Crippen LogP contribution in [0.1, 0.15) is 12.1 Å². The number of hydrogen-bond donors (Lipinski definition) is 1. The Morgan fingerprint density at radius 2 is 2.20 bits per heavy atom. The number of hydrogen-bond acceptors (Lipinski definition) is 3. The van der Waals surface area contributed by atoms with Crippen LogP contribution < -0.4 is 5.73 Å². The summed E-state index contributed by atoms with van der Waals surface area (Å²) in [5, 5.41) is 5.10. The van der Waals surface area contributed by atoms with Crippen molar-refractivity contribution in [2.45, 2.75) is 12.8 Å². The molecule has 1 aromatic heterocycles. The zero-order valence-electron chi connectivity index (χ0n) is 8.07. The number of rotatable bonds is 3. The highest BCUT2D eigenvalue weighted by molar-refractivity contribution is 9.10. The van der Waals surface area contributed by atoms with Crippen molar-refractivity contribution in [1.29, 1.82) is 0 Å². The summed E-state index contributed by atoms with van der Waals surface area (Å²) in [6, 6.07) is 5.89. The molecule has 0 aliphatic heterocycles. The van der Waals surface area contributed by atoms with Crippen LogP contribution in [0.3, 0.4) is 0 Å². The molecule has 2 N–H and O–H groups in total. The third kappa shape index (κ3) is 2.71. The molecule has 0 amide bonds. The monoisotopic (exact) mass is 290 g/mol. The van der Waals surface area contributed by atoms with Gasteiger partial charge in [0.25, 0.3) is 0 Å². The molecular weight excluding hydrogens is 279 g/mol. The van der Waals surface area contributed by atoms with Crippen LogP contribution in [0, 0.1) is 0 Å². The van der Waals surface area contributed by atoms with Gasteiger partial charge in [0.2, 0.25) is 0 Å². The molecule has 15 heavy (non-hydrogen) atoms. The first-order valence-electron chi connectivity index (χ1n) is 4.55. The van der Waals surface area contributed by atoms with Crippen LogP contribution in [0.15, 0.2) is 27.2 Å². The van der Waals surface area contributed by atoms with Crippen molar-refractivity contribution in [3.8, 4) is 0 Å². The lowest BCUT2D eigenvalue weighted by Gasteiger charge is -1.94. The maximum atomic E-state index is 5.45. The largest absolute Gasteiger partial charge is 0.356 e. The Balaban J connectivity index is 0.00000112. The summed E-state index contributed by atoms with van der Waals surface area (Å²) in [5.74, 6) is 0. The van der Waals surface area contributed by atoms with Crippen molar-refractivity contribution in [3.63, 3.8) is 0 Å². The van der Waals surface area contributed by atoms with Crippen molar-refractivity contribution in [3.05, 3.63) is 28.4 Å². The van der Waals surface area contributed by atoms with Crippen LogP contribution in [-0.4, -0.2) is 11.7 Å². The summed E-state index contributed by atoms with van der Waals surface area (Å²) in [6.45, 7) is 0.683. The summed E-state index contributed by atoms with van der Waals surface area (Å²) < 4.78 is 6.23. The number of nitrogens with zero attached hydrogens (tertiary/aromatic N) is 1. The molecule has 0 radical (unpaired) electrons. The fraction of sp³-hybridized carbons (Fsp3) is 0.300. The molecule has 0 aliphatic carbocycles. The minimum absolute atomic E-state index is 0. The van der Waals surface area contributed by atoms with E-state index in [0.29, 0.717) is 6.54 Å². The molecule has 82 valence electrons. The highest BCUT2D eigenvalue weighted by Gasteiger charge is 2.07. The molecule has 0 aliphatic rings. The molecule has 5 heteroatoms. The molecule has 0 saturated heterocycles. The van der Waals surface area contributed by atoms with E-state index in [1.807, 2.05) is 18.2 Å². The lowest BCUT2D eigenvalue weighted by Crippen LogP contribution is -2.00. The molecule has 2 aromatic rings. The van der Waals surface area contributed by atoms with Crippen LogP contribution in [0.5, 0.6) is 0 Å². The number of benzene rings is 1. The first-order valence-corrected chi connectivity index (χ1v) is 5.34. The van der Waals surface area contributed by atoms with Crippen molar-refractivity contribution in [2.24, 2.45) is 5.73 Å². The molecule has 0 bridgehead atoms. The molecule has 0 unspecified atom stereocenters. The van der Waals surface area contributed by atoms with Crippen LogP contribution in [0.25, 0.3) is 11.0 Å². The smallest absolute Gasteiger partial charge is 0.167 e. The van der Waals surface area contributed by atoms with Gasteiger partial charge in [0.15, 0.2) is 5.58 Å². The van der Waals surface area contributed by atoms with E-state index in [9.17, 15) is 0 Å². The number of fused-ring (bicyclic) bond motifs is 1. The lowest BCUT2D eigenvalue weighted by atomic mass is 10.1. The molecule has 3 nitrogen and oxygen atoms in total. The highest BCUT2D eigenvalue weighted by Crippen LogP contribution is 2.23. The average Bonchev–Trinajstić information content (AvgIpc) is 2.57. The molecule has 0 spiro atoms. The first kappa shape index (κ1) is 12.5. The molecular formula is C10H12BrClN2O. The molecule has 0 atom stereocenters. The Morgan fingerprint density at radius 1 is 1.40 bits per heavy atom. The van der Waals surface area contributed by atoms with Gasteiger partial charge in [0.05, 0.1) is 5.69 Å². The van der Waals surface area contributed by atoms with Gasteiger partial charge < -0.3 is 10.3 Å². The van der Waals surface area contributed by atoms with Crippen molar-refractivity contribution in [1.82, 2.24) is 5.16 Å². The van der Waals surface area contributed by atoms with Gasteiger partial charge in [-0.15, -0.1) is 12.4 Å². The summed E-state index contributed by atoms with van der Waals surface area (Å²) in [5.41, 5.74) is 7.28. The highest BCUT2D eigenvalue weighted by atomic mass is 79.9. The maximum Gasteiger partial charge on any atom is 0.167 e. The quantitative estimate of drug-likeness (QED) is 0.946. The molecule has 0 saturated carbocycles. The van der Waals surface area contributed by atoms with E-state index in [0.717, 1.165) is 34.0 Å². The Bertz CT molecular complexity index is 444. The summed E-state index contributed by atoms with van der Waals surface area (Å²) in [4.78, 5) is 0. The Kier molecular flexibility index (Phi) is 4.57. The Morgan fingerprint density at radius 3 is 2.93 bits per heavy atom. The van der Waals surface area contributed by atoms with Gasteiger partial charge in [-0.3, -0.25) is 0 Å².